The van der Waals surface area contributed by atoms with Gasteiger partial charge in [-0.25, -0.2) is 4.98 Å². The van der Waals surface area contributed by atoms with Crippen molar-refractivity contribution in [2.75, 3.05) is 0 Å². The fourth-order valence-electron chi connectivity index (χ4n) is 2.71. The molecule has 2 heterocycles. The maximum absolute atomic E-state index is 12.2. The Bertz CT molecular complexity index is 1230. The third kappa shape index (κ3) is 2.77. The molecule has 4 rings (SSSR count). The molecule has 0 atom stereocenters. The standard InChI is InChI=1S/C20H12N4O/c21-12-15(10-13-7-8-14-4-3-9-22-18(14)11-13)19-23-17-6-2-1-5-16(17)20(25)24-19/h1-11H,(H,23,24,25). The van der Waals surface area contributed by atoms with Gasteiger partial charge in [0.1, 0.15) is 6.07 Å². The van der Waals surface area contributed by atoms with Gasteiger partial charge in [-0.05, 0) is 35.9 Å². The molecule has 0 aliphatic heterocycles. The van der Waals surface area contributed by atoms with Gasteiger partial charge in [0.15, 0.2) is 5.82 Å². The smallest absolute Gasteiger partial charge is 0.259 e. The molecule has 1 N–H and O–H groups in total. The highest BCUT2D eigenvalue weighted by atomic mass is 16.1. The van der Waals surface area contributed by atoms with Crippen LogP contribution in [0.1, 0.15) is 11.4 Å². The van der Waals surface area contributed by atoms with Crippen molar-refractivity contribution in [1.82, 2.24) is 15.0 Å². The van der Waals surface area contributed by atoms with Gasteiger partial charge in [0.25, 0.3) is 5.56 Å². The van der Waals surface area contributed by atoms with Crippen molar-refractivity contribution in [3.63, 3.8) is 0 Å². The van der Waals surface area contributed by atoms with Gasteiger partial charge in [-0.3, -0.25) is 9.78 Å². The van der Waals surface area contributed by atoms with Crippen LogP contribution in [0.4, 0.5) is 0 Å². The molecule has 0 amide bonds. The van der Waals surface area contributed by atoms with E-state index in [1.807, 2.05) is 36.4 Å². The van der Waals surface area contributed by atoms with Crippen molar-refractivity contribution < 1.29 is 0 Å². The SMILES string of the molecule is N#CC(=Cc1ccc2cccnc2c1)c1nc2ccccc2c(=O)[nH]1. The van der Waals surface area contributed by atoms with Crippen LogP contribution in [0.2, 0.25) is 0 Å². The molecular formula is C20H12N4O. The average Bonchev–Trinajstić information content (AvgIpc) is 2.66. The van der Waals surface area contributed by atoms with Crippen LogP contribution < -0.4 is 5.56 Å². The first kappa shape index (κ1) is 14.8. The Balaban J connectivity index is 1.85. The number of nitrogens with one attached hydrogen (secondary N) is 1. The minimum absolute atomic E-state index is 0.257. The number of hydrogen-bond acceptors (Lipinski definition) is 4. The lowest BCUT2D eigenvalue weighted by molar-refractivity contribution is 1.13. The fraction of sp³-hybridized carbons (Fsp3) is 0. The zero-order valence-corrected chi connectivity index (χ0v) is 13.1. The predicted octanol–water partition coefficient (Wildman–Crippen LogP) is 3.54. The number of rotatable bonds is 2. The van der Waals surface area contributed by atoms with Gasteiger partial charge in [-0.2, -0.15) is 5.26 Å². The molecule has 2 aromatic carbocycles. The quantitative estimate of drug-likeness (QED) is 0.572. The maximum atomic E-state index is 12.2. The Morgan fingerprint density at radius 3 is 2.84 bits per heavy atom. The Morgan fingerprint density at radius 2 is 1.96 bits per heavy atom. The van der Waals surface area contributed by atoms with E-state index in [4.69, 9.17) is 0 Å². The van der Waals surface area contributed by atoms with E-state index in [0.717, 1.165) is 16.5 Å². The summed E-state index contributed by atoms with van der Waals surface area (Å²) in [6, 6.07) is 18.8. The van der Waals surface area contributed by atoms with Crippen molar-refractivity contribution in [1.29, 1.82) is 5.26 Å². The summed E-state index contributed by atoms with van der Waals surface area (Å²) in [5.74, 6) is 0.257. The summed E-state index contributed by atoms with van der Waals surface area (Å²) in [7, 11) is 0. The Labute approximate surface area is 142 Å². The number of hydrogen-bond donors (Lipinski definition) is 1. The van der Waals surface area contributed by atoms with E-state index < -0.39 is 0 Å². The van der Waals surface area contributed by atoms with Gasteiger partial charge >= 0.3 is 0 Å². The summed E-state index contributed by atoms with van der Waals surface area (Å²) in [5.41, 5.74) is 2.25. The van der Waals surface area contributed by atoms with Gasteiger partial charge < -0.3 is 4.98 Å². The van der Waals surface area contributed by atoms with Gasteiger partial charge in [0.05, 0.1) is 22.0 Å². The number of para-hydroxylation sites is 1. The third-order valence-corrected chi connectivity index (χ3v) is 3.93. The zero-order chi connectivity index (χ0) is 17.2. The van der Waals surface area contributed by atoms with E-state index in [2.05, 4.69) is 21.0 Å². The molecule has 4 aromatic rings. The predicted molar refractivity (Wildman–Crippen MR) is 97.6 cm³/mol. The molecule has 0 radical (unpaired) electrons. The number of nitrogens with zero attached hydrogens (tertiary/aromatic N) is 3. The first-order valence-corrected chi connectivity index (χ1v) is 7.70. The maximum Gasteiger partial charge on any atom is 0.259 e. The molecule has 0 spiro atoms. The molecule has 5 nitrogen and oxygen atoms in total. The van der Waals surface area contributed by atoms with E-state index in [1.54, 1.807) is 30.5 Å². The van der Waals surface area contributed by atoms with Crippen molar-refractivity contribution in [3.05, 3.63) is 82.5 Å². The van der Waals surface area contributed by atoms with E-state index >= 15 is 0 Å². The minimum Gasteiger partial charge on any atom is -0.305 e. The highest BCUT2D eigenvalue weighted by Crippen LogP contribution is 2.19. The number of aromatic nitrogens is 3. The minimum atomic E-state index is -0.262. The van der Waals surface area contributed by atoms with Crippen LogP contribution in [0.15, 0.2) is 65.6 Å². The largest absolute Gasteiger partial charge is 0.305 e. The van der Waals surface area contributed by atoms with E-state index in [1.165, 1.54) is 0 Å². The first-order chi connectivity index (χ1) is 12.2. The number of pyridine rings is 1. The van der Waals surface area contributed by atoms with Crippen molar-refractivity contribution in [2.24, 2.45) is 0 Å². The number of H-pyrrole nitrogens is 1. The highest BCUT2D eigenvalue weighted by molar-refractivity contribution is 5.91. The summed E-state index contributed by atoms with van der Waals surface area (Å²) >= 11 is 0. The Morgan fingerprint density at radius 1 is 1.08 bits per heavy atom. The summed E-state index contributed by atoms with van der Waals surface area (Å²) in [4.78, 5) is 23.6. The van der Waals surface area contributed by atoms with Gasteiger partial charge in [0.2, 0.25) is 0 Å². The molecule has 0 fully saturated rings. The Kier molecular flexibility index (Phi) is 3.56. The summed E-state index contributed by atoms with van der Waals surface area (Å²) < 4.78 is 0. The summed E-state index contributed by atoms with van der Waals surface area (Å²) in [5, 5.41) is 11.0. The summed E-state index contributed by atoms with van der Waals surface area (Å²) in [6.45, 7) is 0. The molecule has 0 unspecified atom stereocenters. The zero-order valence-electron chi connectivity index (χ0n) is 13.1. The van der Waals surface area contributed by atoms with Crippen LogP contribution in [0.25, 0.3) is 33.5 Å². The molecule has 25 heavy (non-hydrogen) atoms. The van der Waals surface area contributed by atoms with Gasteiger partial charge in [0, 0.05) is 11.6 Å². The molecular weight excluding hydrogens is 312 g/mol. The van der Waals surface area contributed by atoms with Gasteiger partial charge in [-0.15, -0.1) is 0 Å². The monoisotopic (exact) mass is 324 g/mol. The molecule has 0 bridgehead atoms. The van der Waals surface area contributed by atoms with E-state index in [-0.39, 0.29) is 17.0 Å². The van der Waals surface area contributed by atoms with Crippen LogP contribution in [0.5, 0.6) is 0 Å². The second kappa shape index (κ2) is 6.02. The number of nitriles is 1. The molecule has 5 heteroatoms. The number of allylic oxidation sites excluding steroid dienone is 1. The third-order valence-electron chi connectivity index (χ3n) is 3.93. The van der Waals surface area contributed by atoms with Crippen LogP contribution in [-0.2, 0) is 0 Å². The Hall–Kier alpha value is -3.78. The molecule has 0 saturated heterocycles. The summed E-state index contributed by atoms with van der Waals surface area (Å²) in [6.07, 6.45) is 3.42. The number of benzene rings is 2. The van der Waals surface area contributed by atoms with E-state index in [0.29, 0.717) is 10.9 Å². The normalized spacial score (nSPS) is 11.6. The van der Waals surface area contributed by atoms with Crippen LogP contribution in [0, 0.1) is 11.3 Å². The molecule has 0 aliphatic carbocycles. The molecule has 118 valence electrons. The molecule has 0 saturated carbocycles. The van der Waals surface area contributed by atoms with Crippen LogP contribution >= 0.6 is 0 Å². The highest BCUT2D eigenvalue weighted by Gasteiger charge is 2.08. The van der Waals surface area contributed by atoms with Gasteiger partial charge in [-0.1, -0.05) is 30.3 Å². The van der Waals surface area contributed by atoms with Crippen molar-refractivity contribution >= 4 is 33.5 Å². The number of aromatic amines is 1. The second-order valence-electron chi connectivity index (χ2n) is 5.56. The topological polar surface area (TPSA) is 82.4 Å². The molecule has 0 aliphatic rings. The lowest BCUT2D eigenvalue weighted by Crippen LogP contribution is -2.11. The van der Waals surface area contributed by atoms with Crippen molar-refractivity contribution in [3.8, 4) is 6.07 Å². The second-order valence-corrected chi connectivity index (χ2v) is 5.56. The lowest BCUT2D eigenvalue weighted by Gasteiger charge is -2.03. The fourth-order valence-corrected chi connectivity index (χ4v) is 2.71. The van der Waals surface area contributed by atoms with Crippen LogP contribution in [-0.4, -0.2) is 15.0 Å². The van der Waals surface area contributed by atoms with Crippen LogP contribution in [0.3, 0.4) is 0 Å². The first-order valence-electron chi connectivity index (χ1n) is 7.70. The number of fused-ring (bicyclic) bond motifs is 2. The van der Waals surface area contributed by atoms with Crippen molar-refractivity contribution in [2.45, 2.75) is 0 Å². The van der Waals surface area contributed by atoms with E-state index in [9.17, 15) is 10.1 Å². The average molecular weight is 324 g/mol. The molecule has 2 aromatic heterocycles. The lowest BCUT2D eigenvalue weighted by atomic mass is 10.1.